The molecule has 0 atom stereocenters. The van der Waals surface area contributed by atoms with Crippen molar-refractivity contribution in [2.75, 3.05) is 12.0 Å². The highest BCUT2D eigenvalue weighted by atomic mass is 35.5. The number of carbonyl (C=O) groups is 2. The van der Waals surface area contributed by atoms with Crippen LogP contribution in [0.5, 0.6) is 11.5 Å². The van der Waals surface area contributed by atoms with Gasteiger partial charge < -0.3 is 14.6 Å². The molecular weight excluding hydrogens is 494 g/mol. The number of methoxy groups -OCH3 is 1. The Bertz CT molecular complexity index is 1290. The van der Waals surface area contributed by atoms with E-state index in [1.54, 1.807) is 30.3 Å². The summed E-state index contributed by atoms with van der Waals surface area (Å²) in [5.74, 6) is -0.449. The van der Waals surface area contributed by atoms with Crippen LogP contribution in [0.1, 0.15) is 21.5 Å². The van der Waals surface area contributed by atoms with Gasteiger partial charge in [-0.3, -0.25) is 9.69 Å². The number of ether oxygens (including phenoxy) is 2. The number of anilines is 1. The van der Waals surface area contributed by atoms with Crippen LogP contribution < -0.4 is 14.4 Å². The molecule has 9 heteroatoms. The zero-order valence-corrected chi connectivity index (χ0v) is 20.2. The number of rotatable bonds is 7. The molecule has 0 aliphatic carbocycles. The van der Waals surface area contributed by atoms with Crippen LogP contribution in [-0.2, 0) is 11.4 Å². The number of nitrogens with zero attached hydrogens (tertiary/aromatic N) is 1. The number of hydrogen-bond acceptors (Lipinski definition) is 6. The third kappa shape index (κ3) is 5.09. The maximum atomic E-state index is 13.0. The average Bonchev–Trinajstić information content (AvgIpc) is 3.11. The second-order valence-electron chi connectivity index (χ2n) is 7.18. The van der Waals surface area contributed by atoms with Gasteiger partial charge in [-0.25, -0.2) is 4.79 Å². The number of thiocarbonyl (C=S) groups is 1. The minimum absolute atomic E-state index is 0.172. The first kappa shape index (κ1) is 23.8. The van der Waals surface area contributed by atoms with Crippen molar-refractivity contribution in [3.8, 4) is 11.5 Å². The van der Waals surface area contributed by atoms with Gasteiger partial charge in [0.2, 0.25) is 0 Å². The maximum absolute atomic E-state index is 13.0. The van der Waals surface area contributed by atoms with E-state index in [9.17, 15) is 9.59 Å². The molecule has 1 fully saturated rings. The Hall–Kier alpha value is -3.33. The average molecular weight is 512 g/mol. The van der Waals surface area contributed by atoms with Gasteiger partial charge in [0.05, 0.1) is 28.3 Å². The summed E-state index contributed by atoms with van der Waals surface area (Å²) >= 11 is 13.1. The molecule has 0 unspecified atom stereocenters. The van der Waals surface area contributed by atoms with E-state index >= 15 is 0 Å². The van der Waals surface area contributed by atoms with Crippen molar-refractivity contribution in [1.82, 2.24) is 0 Å². The molecule has 1 saturated heterocycles. The van der Waals surface area contributed by atoms with Gasteiger partial charge >= 0.3 is 5.97 Å². The smallest absolute Gasteiger partial charge is 0.335 e. The third-order valence-electron chi connectivity index (χ3n) is 4.94. The first-order chi connectivity index (χ1) is 16.4. The zero-order valence-electron chi connectivity index (χ0n) is 17.9. The molecule has 0 radical (unpaired) electrons. The van der Waals surface area contributed by atoms with E-state index in [0.29, 0.717) is 37.0 Å². The number of benzene rings is 3. The molecule has 0 saturated carbocycles. The summed E-state index contributed by atoms with van der Waals surface area (Å²) in [5, 5.41) is 9.33. The minimum Gasteiger partial charge on any atom is -0.493 e. The topological polar surface area (TPSA) is 76.1 Å². The molecule has 3 aromatic carbocycles. The fourth-order valence-corrected chi connectivity index (χ4v) is 4.85. The molecule has 0 spiro atoms. The van der Waals surface area contributed by atoms with Gasteiger partial charge in [-0.05, 0) is 53.6 Å². The molecule has 3 aromatic rings. The highest BCUT2D eigenvalue weighted by Gasteiger charge is 2.33. The monoisotopic (exact) mass is 511 g/mol. The van der Waals surface area contributed by atoms with Crippen molar-refractivity contribution in [1.29, 1.82) is 0 Å². The number of para-hydroxylation sites is 1. The SMILES string of the molecule is COc1cc(/C=C2/SC(=S)N(c3ccccc3)C2=O)cc(Cl)c1OCc1ccc(C(=O)O)cc1. The molecule has 6 nitrogen and oxygen atoms in total. The standard InChI is InChI=1S/C25H18ClNO5S2/c1-31-20-12-16(13-21-23(28)27(25(33)34-21)18-5-3-2-4-6-18)11-19(26)22(20)32-14-15-7-9-17(10-8-15)24(29)30/h2-13H,14H2,1H3,(H,29,30)/b21-13+. The predicted molar refractivity (Wildman–Crippen MR) is 138 cm³/mol. The summed E-state index contributed by atoms with van der Waals surface area (Å²) in [5.41, 5.74) is 2.34. The van der Waals surface area contributed by atoms with Gasteiger partial charge in [-0.2, -0.15) is 0 Å². The molecule has 0 aromatic heterocycles. The fraction of sp³-hybridized carbons (Fsp3) is 0.0800. The third-order valence-corrected chi connectivity index (χ3v) is 6.52. The predicted octanol–water partition coefficient (Wildman–Crippen LogP) is 6.03. The second-order valence-corrected chi connectivity index (χ2v) is 9.26. The summed E-state index contributed by atoms with van der Waals surface area (Å²) in [4.78, 5) is 25.9. The Morgan fingerprint density at radius 2 is 1.85 bits per heavy atom. The molecule has 1 heterocycles. The fourth-order valence-electron chi connectivity index (χ4n) is 3.28. The first-order valence-corrected chi connectivity index (χ1v) is 11.6. The number of carboxylic acid groups (broad SMARTS) is 1. The second kappa shape index (κ2) is 10.3. The molecule has 0 bridgehead atoms. The van der Waals surface area contributed by atoms with Crippen molar-refractivity contribution < 1.29 is 24.2 Å². The number of carboxylic acids is 1. The van der Waals surface area contributed by atoms with Crippen LogP contribution in [-0.4, -0.2) is 28.4 Å². The van der Waals surface area contributed by atoms with Crippen LogP contribution in [0.3, 0.4) is 0 Å². The van der Waals surface area contributed by atoms with Crippen LogP contribution in [0.25, 0.3) is 6.08 Å². The van der Waals surface area contributed by atoms with Crippen molar-refractivity contribution >= 4 is 63.5 Å². The lowest BCUT2D eigenvalue weighted by Crippen LogP contribution is -2.27. The number of carbonyl (C=O) groups excluding carboxylic acids is 1. The van der Waals surface area contributed by atoms with E-state index in [0.717, 1.165) is 5.56 Å². The van der Waals surface area contributed by atoms with E-state index in [1.807, 2.05) is 30.3 Å². The molecule has 1 aliphatic rings. The van der Waals surface area contributed by atoms with E-state index < -0.39 is 5.97 Å². The Morgan fingerprint density at radius 3 is 2.50 bits per heavy atom. The molecule has 1 amide bonds. The van der Waals surface area contributed by atoms with Gasteiger partial charge in [0, 0.05) is 0 Å². The summed E-state index contributed by atoms with van der Waals surface area (Å²) in [6.45, 7) is 0.172. The van der Waals surface area contributed by atoms with Crippen molar-refractivity contribution in [3.63, 3.8) is 0 Å². The quantitative estimate of drug-likeness (QED) is 0.306. The van der Waals surface area contributed by atoms with Crippen LogP contribution >= 0.6 is 35.6 Å². The summed E-state index contributed by atoms with van der Waals surface area (Å²) in [6.07, 6.45) is 1.71. The normalized spacial score (nSPS) is 14.5. The Balaban J connectivity index is 1.55. The molecule has 1 aliphatic heterocycles. The van der Waals surface area contributed by atoms with Crippen LogP contribution in [0, 0.1) is 0 Å². The molecule has 34 heavy (non-hydrogen) atoms. The maximum Gasteiger partial charge on any atom is 0.335 e. The summed E-state index contributed by atoms with van der Waals surface area (Å²) < 4.78 is 11.8. The van der Waals surface area contributed by atoms with Crippen molar-refractivity contribution in [2.24, 2.45) is 0 Å². The summed E-state index contributed by atoms with van der Waals surface area (Å²) in [7, 11) is 1.50. The molecule has 1 N–H and O–H groups in total. The lowest BCUT2D eigenvalue weighted by molar-refractivity contribution is -0.113. The lowest BCUT2D eigenvalue weighted by Gasteiger charge is -2.14. The van der Waals surface area contributed by atoms with Gasteiger partial charge in [-0.1, -0.05) is 65.9 Å². The molecular formula is C25H18ClNO5S2. The Labute approximate surface area is 210 Å². The number of amides is 1. The number of halogens is 1. The molecule has 172 valence electrons. The number of thioether (sulfide) groups is 1. The highest BCUT2D eigenvalue weighted by Crippen LogP contribution is 2.40. The minimum atomic E-state index is -0.992. The Kier molecular flexibility index (Phi) is 7.21. The van der Waals surface area contributed by atoms with Gasteiger partial charge in [0.25, 0.3) is 5.91 Å². The largest absolute Gasteiger partial charge is 0.493 e. The van der Waals surface area contributed by atoms with Gasteiger partial charge in [0.15, 0.2) is 15.8 Å². The number of hydrogen-bond donors (Lipinski definition) is 1. The van der Waals surface area contributed by atoms with E-state index in [-0.39, 0.29) is 18.1 Å². The van der Waals surface area contributed by atoms with Crippen LogP contribution in [0.15, 0.2) is 71.6 Å². The van der Waals surface area contributed by atoms with Crippen LogP contribution in [0.4, 0.5) is 5.69 Å². The summed E-state index contributed by atoms with van der Waals surface area (Å²) in [6, 6.07) is 19.0. The molecule has 4 rings (SSSR count). The number of aromatic carboxylic acids is 1. The first-order valence-electron chi connectivity index (χ1n) is 10.0. The van der Waals surface area contributed by atoms with Gasteiger partial charge in [0.1, 0.15) is 6.61 Å². The van der Waals surface area contributed by atoms with Crippen molar-refractivity contribution in [3.05, 3.63) is 93.3 Å². The van der Waals surface area contributed by atoms with Crippen molar-refractivity contribution in [2.45, 2.75) is 6.61 Å². The van der Waals surface area contributed by atoms with E-state index in [4.69, 9.17) is 38.4 Å². The Morgan fingerprint density at radius 1 is 1.15 bits per heavy atom. The lowest BCUT2D eigenvalue weighted by atomic mass is 10.1. The zero-order chi connectivity index (χ0) is 24.2. The van der Waals surface area contributed by atoms with Crippen LogP contribution in [0.2, 0.25) is 5.02 Å². The van der Waals surface area contributed by atoms with E-state index in [1.165, 1.54) is 35.9 Å². The van der Waals surface area contributed by atoms with Gasteiger partial charge in [-0.15, -0.1) is 0 Å². The highest BCUT2D eigenvalue weighted by molar-refractivity contribution is 8.27. The van der Waals surface area contributed by atoms with E-state index in [2.05, 4.69) is 0 Å².